The first-order valence-electron chi connectivity index (χ1n) is 7.21. The van der Waals surface area contributed by atoms with Crippen molar-refractivity contribution < 1.29 is 4.79 Å². The van der Waals surface area contributed by atoms with Crippen LogP contribution in [0, 0.1) is 17.2 Å². The lowest BCUT2D eigenvalue weighted by atomic mass is 9.87. The second-order valence-corrected chi connectivity index (χ2v) is 5.57. The van der Waals surface area contributed by atoms with E-state index in [0.29, 0.717) is 11.6 Å². The summed E-state index contributed by atoms with van der Waals surface area (Å²) >= 11 is 0. The highest BCUT2D eigenvalue weighted by Gasteiger charge is 2.19. The molecule has 1 aromatic rings. The van der Waals surface area contributed by atoms with E-state index in [-0.39, 0.29) is 12.5 Å². The Bertz CT molecular complexity index is 499. The minimum absolute atomic E-state index is 0.0203. The van der Waals surface area contributed by atoms with Gasteiger partial charge in [0.1, 0.15) is 0 Å². The second kappa shape index (κ2) is 6.95. The number of anilines is 1. The summed E-state index contributed by atoms with van der Waals surface area (Å²) in [4.78, 5) is 11.9. The number of carbonyl (C=O) groups excluding carboxylic acids is 1. The first-order valence-corrected chi connectivity index (χ1v) is 7.21. The molecule has 0 aromatic heterocycles. The molecule has 0 saturated heterocycles. The molecule has 0 bridgehead atoms. The molecule has 0 radical (unpaired) electrons. The zero-order valence-corrected chi connectivity index (χ0v) is 11.9. The van der Waals surface area contributed by atoms with E-state index >= 15 is 0 Å². The quantitative estimate of drug-likeness (QED) is 0.885. The summed E-state index contributed by atoms with van der Waals surface area (Å²) in [5.74, 6) is 0.807. The van der Waals surface area contributed by atoms with Gasteiger partial charge in [-0.05, 0) is 49.8 Å². The Labute approximate surface area is 120 Å². The maximum absolute atomic E-state index is 11.9. The standard InChI is InChI=1S/C16H21N3O/c1-12-5-7-14(8-6-12)19-16(20)11-18-15-4-2-3-13(9-15)10-17/h2-4,9,12,14,18H,5-8,11H2,1H3,(H,19,20). The van der Waals surface area contributed by atoms with Crippen molar-refractivity contribution in [2.45, 2.75) is 38.6 Å². The van der Waals surface area contributed by atoms with Gasteiger partial charge >= 0.3 is 0 Å². The van der Waals surface area contributed by atoms with Crippen LogP contribution in [0.4, 0.5) is 5.69 Å². The van der Waals surface area contributed by atoms with Crippen LogP contribution in [0.15, 0.2) is 24.3 Å². The number of benzene rings is 1. The molecular formula is C16H21N3O. The molecule has 0 unspecified atom stereocenters. The van der Waals surface area contributed by atoms with Gasteiger partial charge in [-0.3, -0.25) is 4.79 Å². The molecule has 2 N–H and O–H groups in total. The van der Waals surface area contributed by atoms with Crippen molar-refractivity contribution in [1.29, 1.82) is 5.26 Å². The van der Waals surface area contributed by atoms with E-state index < -0.39 is 0 Å². The molecule has 0 heterocycles. The predicted molar refractivity (Wildman–Crippen MR) is 79.2 cm³/mol. The summed E-state index contributed by atoms with van der Waals surface area (Å²) in [6, 6.07) is 9.56. The summed E-state index contributed by atoms with van der Waals surface area (Å²) in [5.41, 5.74) is 1.40. The van der Waals surface area contributed by atoms with E-state index in [1.165, 1.54) is 12.8 Å². The minimum atomic E-state index is 0.0203. The monoisotopic (exact) mass is 271 g/mol. The van der Waals surface area contributed by atoms with Gasteiger partial charge in [0.05, 0.1) is 18.2 Å². The van der Waals surface area contributed by atoms with E-state index in [1.54, 1.807) is 18.2 Å². The average molecular weight is 271 g/mol. The second-order valence-electron chi connectivity index (χ2n) is 5.57. The number of rotatable bonds is 4. The number of hydrogen-bond donors (Lipinski definition) is 2. The average Bonchev–Trinajstić information content (AvgIpc) is 2.48. The maximum atomic E-state index is 11.9. The Hall–Kier alpha value is -2.02. The highest BCUT2D eigenvalue weighted by molar-refractivity contribution is 5.81. The maximum Gasteiger partial charge on any atom is 0.239 e. The van der Waals surface area contributed by atoms with E-state index in [4.69, 9.17) is 5.26 Å². The number of carbonyl (C=O) groups is 1. The Morgan fingerprint density at radius 2 is 2.10 bits per heavy atom. The van der Waals surface area contributed by atoms with Crippen LogP contribution in [-0.2, 0) is 4.79 Å². The van der Waals surface area contributed by atoms with Crippen molar-refractivity contribution in [3.05, 3.63) is 29.8 Å². The normalized spacial score (nSPS) is 21.8. The molecule has 0 atom stereocenters. The van der Waals surface area contributed by atoms with Crippen molar-refractivity contribution in [1.82, 2.24) is 5.32 Å². The van der Waals surface area contributed by atoms with Gasteiger partial charge < -0.3 is 10.6 Å². The van der Waals surface area contributed by atoms with Crippen LogP contribution in [0.5, 0.6) is 0 Å². The molecule has 4 nitrogen and oxygen atoms in total. The molecule has 1 saturated carbocycles. The van der Waals surface area contributed by atoms with Gasteiger partial charge in [-0.1, -0.05) is 13.0 Å². The Morgan fingerprint density at radius 3 is 2.80 bits per heavy atom. The van der Waals surface area contributed by atoms with Crippen LogP contribution in [0.2, 0.25) is 0 Å². The third kappa shape index (κ3) is 4.27. The SMILES string of the molecule is CC1CCC(NC(=O)CNc2cccc(C#N)c2)CC1. The largest absolute Gasteiger partial charge is 0.376 e. The van der Waals surface area contributed by atoms with Crippen LogP contribution in [0.3, 0.4) is 0 Å². The summed E-state index contributed by atoms with van der Waals surface area (Å²) in [6.07, 6.45) is 4.55. The fourth-order valence-electron chi connectivity index (χ4n) is 2.56. The molecule has 0 aliphatic heterocycles. The van der Waals surface area contributed by atoms with Crippen molar-refractivity contribution in [2.75, 3.05) is 11.9 Å². The number of nitrogens with zero attached hydrogens (tertiary/aromatic N) is 1. The summed E-state index contributed by atoms with van der Waals surface area (Å²) in [6.45, 7) is 2.52. The fraction of sp³-hybridized carbons (Fsp3) is 0.500. The Morgan fingerprint density at radius 1 is 1.35 bits per heavy atom. The van der Waals surface area contributed by atoms with Crippen LogP contribution >= 0.6 is 0 Å². The molecule has 20 heavy (non-hydrogen) atoms. The minimum Gasteiger partial charge on any atom is -0.376 e. The topological polar surface area (TPSA) is 64.9 Å². The van der Waals surface area contributed by atoms with Gasteiger partial charge in [0.15, 0.2) is 0 Å². The lowest BCUT2D eigenvalue weighted by molar-refractivity contribution is -0.120. The Kier molecular flexibility index (Phi) is 5.00. The van der Waals surface area contributed by atoms with Crippen molar-refractivity contribution in [3.8, 4) is 6.07 Å². The summed E-state index contributed by atoms with van der Waals surface area (Å²) in [7, 11) is 0. The first-order chi connectivity index (χ1) is 9.67. The molecule has 1 aliphatic carbocycles. The highest BCUT2D eigenvalue weighted by Crippen LogP contribution is 2.23. The van der Waals surface area contributed by atoms with Gasteiger partial charge in [0.25, 0.3) is 0 Å². The molecule has 1 aromatic carbocycles. The highest BCUT2D eigenvalue weighted by atomic mass is 16.1. The summed E-state index contributed by atoms with van der Waals surface area (Å²) < 4.78 is 0. The molecule has 4 heteroatoms. The molecule has 1 amide bonds. The Balaban J connectivity index is 1.76. The smallest absolute Gasteiger partial charge is 0.239 e. The molecule has 2 rings (SSSR count). The van der Waals surface area contributed by atoms with Crippen molar-refractivity contribution >= 4 is 11.6 Å². The third-order valence-electron chi connectivity index (χ3n) is 3.83. The molecule has 106 valence electrons. The molecule has 0 spiro atoms. The number of hydrogen-bond acceptors (Lipinski definition) is 3. The zero-order valence-electron chi connectivity index (χ0n) is 11.9. The van der Waals surface area contributed by atoms with Crippen LogP contribution < -0.4 is 10.6 Å². The fourth-order valence-corrected chi connectivity index (χ4v) is 2.56. The predicted octanol–water partition coefficient (Wildman–Crippen LogP) is 2.67. The van der Waals surface area contributed by atoms with Gasteiger partial charge in [0.2, 0.25) is 5.91 Å². The zero-order chi connectivity index (χ0) is 14.4. The van der Waals surface area contributed by atoms with Gasteiger partial charge in [-0.15, -0.1) is 0 Å². The van der Waals surface area contributed by atoms with Crippen LogP contribution in [0.1, 0.15) is 38.2 Å². The number of nitriles is 1. The van der Waals surface area contributed by atoms with Crippen LogP contribution in [-0.4, -0.2) is 18.5 Å². The van der Waals surface area contributed by atoms with Crippen molar-refractivity contribution in [3.63, 3.8) is 0 Å². The molecule has 1 aliphatic rings. The van der Waals surface area contributed by atoms with E-state index in [0.717, 1.165) is 24.4 Å². The number of nitrogens with one attached hydrogen (secondary N) is 2. The number of amides is 1. The van der Waals surface area contributed by atoms with Crippen molar-refractivity contribution in [2.24, 2.45) is 5.92 Å². The van der Waals surface area contributed by atoms with Gasteiger partial charge in [-0.25, -0.2) is 0 Å². The summed E-state index contributed by atoms with van der Waals surface area (Å²) in [5, 5.41) is 14.9. The van der Waals surface area contributed by atoms with Gasteiger partial charge in [0, 0.05) is 11.7 Å². The lowest BCUT2D eigenvalue weighted by Crippen LogP contribution is -2.40. The third-order valence-corrected chi connectivity index (χ3v) is 3.83. The van der Waals surface area contributed by atoms with Gasteiger partial charge in [-0.2, -0.15) is 5.26 Å². The van der Waals surface area contributed by atoms with E-state index in [1.807, 2.05) is 6.07 Å². The lowest BCUT2D eigenvalue weighted by Gasteiger charge is -2.27. The van der Waals surface area contributed by atoms with Crippen LogP contribution in [0.25, 0.3) is 0 Å². The molecular weight excluding hydrogens is 250 g/mol. The first kappa shape index (κ1) is 14.4. The van der Waals surface area contributed by atoms with E-state index in [9.17, 15) is 4.79 Å². The molecule has 1 fully saturated rings. The van der Waals surface area contributed by atoms with E-state index in [2.05, 4.69) is 23.6 Å².